The molecule has 7 heteroatoms. The second-order valence-corrected chi connectivity index (χ2v) is 8.03. The summed E-state index contributed by atoms with van der Waals surface area (Å²) in [4.78, 5) is 18.4. The molecule has 1 aromatic heterocycles. The van der Waals surface area contributed by atoms with Crippen LogP contribution in [0.4, 0.5) is 15.9 Å². The van der Waals surface area contributed by atoms with E-state index >= 15 is 0 Å². The first-order valence-corrected chi connectivity index (χ1v) is 10.5. The van der Waals surface area contributed by atoms with Gasteiger partial charge in [0.15, 0.2) is 0 Å². The molecule has 0 radical (unpaired) electrons. The maximum Gasteiger partial charge on any atom is 0.224 e. The van der Waals surface area contributed by atoms with Crippen molar-refractivity contribution in [2.24, 2.45) is 0 Å². The molecule has 32 heavy (non-hydrogen) atoms. The quantitative estimate of drug-likeness (QED) is 0.547. The van der Waals surface area contributed by atoms with Crippen molar-refractivity contribution in [2.45, 2.75) is 38.9 Å². The van der Waals surface area contributed by atoms with Crippen molar-refractivity contribution in [1.82, 2.24) is 10.3 Å². The minimum absolute atomic E-state index is 0. The molecule has 1 amide bonds. The van der Waals surface area contributed by atoms with Gasteiger partial charge in [0.05, 0.1) is 12.2 Å². The zero-order chi connectivity index (χ0) is 22.0. The van der Waals surface area contributed by atoms with E-state index in [9.17, 15) is 9.18 Å². The molecule has 0 bridgehead atoms. The van der Waals surface area contributed by atoms with E-state index in [1.54, 1.807) is 13.0 Å². The number of aromatic nitrogens is 1. The van der Waals surface area contributed by atoms with E-state index in [0.717, 1.165) is 35.3 Å². The van der Waals surface area contributed by atoms with E-state index in [1.165, 1.54) is 17.8 Å². The molecule has 0 fully saturated rings. The van der Waals surface area contributed by atoms with Gasteiger partial charge in [0.1, 0.15) is 11.6 Å². The molecule has 1 aliphatic rings. The van der Waals surface area contributed by atoms with Gasteiger partial charge >= 0.3 is 0 Å². The molecule has 3 aromatic rings. The van der Waals surface area contributed by atoms with Crippen LogP contribution >= 0.6 is 12.4 Å². The average Bonchev–Trinajstić information content (AvgIpc) is 2.75. The van der Waals surface area contributed by atoms with Gasteiger partial charge in [-0.2, -0.15) is 0 Å². The van der Waals surface area contributed by atoms with E-state index in [-0.39, 0.29) is 36.2 Å². The van der Waals surface area contributed by atoms with Crippen molar-refractivity contribution in [3.63, 3.8) is 0 Å². The highest BCUT2D eigenvalue weighted by atomic mass is 35.5. The Morgan fingerprint density at radius 3 is 2.47 bits per heavy atom. The first-order chi connectivity index (χ1) is 15.0. The summed E-state index contributed by atoms with van der Waals surface area (Å²) in [5.41, 5.74) is 5.38. The average molecular weight is 455 g/mol. The molecule has 5 nitrogen and oxygen atoms in total. The standard InChI is InChI=1S/C25H27FN4O.ClH/c1-16-12-23(29-25-11-9-21(26)15-28-25)22-13-20(8-10-24(22)30(16)17(2)31)19-6-4-18(5-7-19)14-27-3;/h4-11,13,15-16,23,27H,12,14H2,1-3H3,(H,28,29);1H/t16-,23+;/m0./s1. The Bertz CT molecular complexity index is 1070. The fraction of sp³-hybridized carbons (Fsp3) is 0.280. The van der Waals surface area contributed by atoms with Gasteiger partial charge in [0.25, 0.3) is 0 Å². The molecule has 0 saturated heterocycles. The number of nitrogens with zero attached hydrogens (tertiary/aromatic N) is 2. The van der Waals surface area contributed by atoms with Crippen LogP contribution in [-0.4, -0.2) is 24.0 Å². The SMILES string of the molecule is CNCc1ccc(-c2ccc3c(c2)[C@H](Nc2ccc(F)cn2)C[C@H](C)N3C(C)=O)cc1.Cl. The summed E-state index contributed by atoms with van der Waals surface area (Å²) >= 11 is 0. The number of hydrogen-bond donors (Lipinski definition) is 2. The van der Waals surface area contributed by atoms with Crippen LogP contribution in [-0.2, 0) is 11.3 Å². The van der Waals surface area contributed by atoms with E-state index in [4.69, 9.17) is 0 Å². The minimum atomic E-state index is -0.366. The van der Waals surface area contributed by atoms with E-state index in [0.29, 0.717) is 5.82 Å². The van der Waals surface area contributed by atoms with Crippen LogP contribution in [0.15, 0.2) is 60.8 Å². The molecule has 2 N–H and O–H groups in total. The first-order valence-electron chi connectivity index (χ1n) is 10.5. The van der Waals surface area contributed by atoms with Crippen molar-refractivity contribution in [2.75, 3.05) is 17.3 Å². The predicted octanol–water partition coefficient (Wildman–Crippen LogP) is 5.33. The number of rotatable bonds is 5. The van der Waals surface area contributed by atoms with Crippen molar-refractivity contribution in [3.8, 4) is 11.1 Å². The third-order valence-electron chi connectivity index (χ3n) is 5.74. The van der Waals surface area contributed by atoms with Crippen molar-refractivity contribution < 1.29 is 9.18 Å². The van der Waals surface area contributed by atoms with Crippen molar-refractivity contribution in [1.29, 1.82) is 0 Å². The predicted molar refractivity (Wildman–Crippen MR) is 130 cm³/mol. The fourth-order valence-electron chi connectivity index (χ4n) is 4.32. The fourth-order valence-corrected chi connectivity index (χ4v) is 4.32. The number of fused-ring (bicyclic) bond motifs is 1. The number of carbonyl (C=O) groups is 1. The van der Waals surface area contributed by atoms with Crippen LogP contribution in [0.25, 0.3) is 11.1 Å². The number of carbonyl (C=O) groups excluding carboxylic acids is 1. The molecule has 0 spiro atoms. The summed E-state index contributed by atoms with van der Waals surface area (Å²) in [6.45, 7) is 4.47. The highest BCUT2D eigenvalue weighted by Crippen LogP contribution is 2.41. The van der Waals surface area contributed by atoms with E-state index in [1.807, 2.05) is 24.9 Å². The van der Waals surface area contributed by atoms with E-state index in [2.05, 4.69) is 52.0 Å². The van der Waals surface area contributed by atoms with Gasteiger partial charge in [0, 0.05) is 25.2 Å². The van der Waals surface area contributed by atoms with Crippen LogP contribution in [0.2, 0.25) is 0 Å². The molecule has 1 aliphatic heterocycles. The molecule has 2 aromatic carbocycles. The maximum atomic E-state index is 13.3. The zero-order valence-corrected chi connectivity index (χ0v) is 19.2. The highest BCUT2D eigenvalue weighted by Gasteiger charge is 2.32. The number of benzene rings is 2. The third-order valence-corrected chi connectivity index (χ3v) is 5.74. The molecule has 0 saturated carbocycles. The van der Waals surface area contributed by atoms with Crippen LogP contribution in [0, 0.1) is 5.82 Å². The van der Waals surface area contributed by atoms with Gasteiger partial charge in [-0.3, -0.25) is 4.79 Å². The van der Waals surface area contributed by atoms with Gasteiger partial charge in [-0.25, -0.2) is 9.37 Å². The summed E-state index contributed by atoms with van der Waals surface area (Å²) < 4.78 is 13.3. The van der Waals surface area contributed by atoms with Gasteiger partial charge in [0.2, 0.25) is 5.91 Å². The minimum Gasteiger partial charge on any atom is -0.363 e. The van der Waals surface area contributed by atoms with Gasteiger partial charge in [-0.05, 0) is 66.9 Å². The Morgan fingerprint density at radius 1 is 1.12 bits per heavy atom. The lowest BCUT2D eigenvalue weighted by atomic mass is 9.89. The van der Waals surface area contributed by atoms with Gasteiger partial charge in [-0.1, -0.05) is 30.3 Å². The summed E-state index contributed by atoms with van der Waals surface area (Å²) in [5.74, 6) is 0.272. The van der Waals surface area contributed by atoms with Crippen LogP contribution < -0.4 is 15.5 Å². The number of halogens is 2. The number of pyridine rings is 1. The topological polar surface area (TPSA) is 57.3 Å². The molecule has 0 aliphatic carbocycles. The molecule has 168 valence electrons. The third kappa shape index (κ3) is 4.92. The summed E-state index contributed by atoms with van der Waals surface area (Å²) in [6, 6.07) is 17.7. The monoisotopic (exact) mass is 454 g/mol. The molecule has 0 unspecified atom stereocenters. The molecular weight excluding hydrogens is 427 g/mol. The normalized spacial score (nSPS) is 17.3. The number of anilines is 2. The maximum absolute atomic E-state index is 13.3. The Morgan fingerprint density at radius 2 is 1.84 bits per heavy atom. The van der Waals surface area contributed by atoms with Crippen molar-refractivity contribution >= 4 is 29.8 Å². The highest BCUT2D eigenvalue weighted by molar-refractivity contribution is 5.94. The zero-order valence-electron chi connectivity index (χ0n) is 18.4. The van der Waals surface area contributed by atoms with Gasteiger partial charge < -0.3 is 15.5 Å². The second kappa shape index (κ2) is 10.1. The van der Waals surface area contributed by atoms with Crippen LogP contribution in [0.1, 0.15) is 37.4 Å². The number of nitrogens with one attached hydrogen (secondary N) is 2. The Labute approximate surface area is 194 Å². The molecule has 2 heterocycles. The summed E-state index contributed by atoms with van der Waals surface area (Å²) in [7, 11) is 1.93. The summed E-state index contributed by atoms with van der Waals surface area (Å²) in [6.07, 6.45) is 1.94. The summed E-state index contributed by atoms with van der Waals surface area (Å²) in [5, 5.41) is 6.60. The Balaban J connectivity index is 0.00000289. The molecule has 2 atom stereocenters. The lowest BCUT2D eigenvalue weighted by molar-refractivity contribution is -0.117. The van der Waals surface area contributed by atoms with Crippen LogP contribution in [0.3, 0.4) is 0 Å². The molecular formula is C25H28ClFN4O. The first kappa shape index (κ1) is 23.7. The van der Waals surface area contributed by atoms with Crippen molar-refractivity contribution in [3.05, 3.63) is 77.7 Å². The number of amides is 1. The lowest BCUT2D eigenvalue weighted by Gasteiger charge is -2.39. The molecule has 4 rings (SSSR count). The lowest BCUT2D eigenvalue weighted by Crippen LogP contribution is -2.43. The van der Waals surface area contributed by atoms with Gasteiger partial charge in [-0.15, -0.1) is 12.4 Å². The Hall–Kier alpha value is -2.96. The smallest absolute Gasteiger partial charge is 0.224 e. The second-order valence-electron chi connectivity index (χ2n) is 8.03. The Kier molecular flexibility index (Phi) is 7.48. The van der Waals surface area contributed by atoms with Crippen LogP contribution in [0.5, 0.6) is 0 Å². The largest absolute Gasteiger partial charge is 0.363 e. The number of hydrogen-bond acceptors (Lipinski definition) is 4. The van der Waals surface area contributed by atoms with E-state index < -0.39 is 0 Å².